The van der Waals surface area contributed by atoms with E-state index in [1.165, 1.54) is 13.4 Å². The van der Waals surface area contributed by atoms with Gasteiger partial charge in [-0.2, -0.15) is 5.26 Å². The molecule has 0 aliphatic carbocycles. The van der Waals surface area contributed by atoms with Crippen LogP contribution in [0.25, 0.3) is 0 Å². The average Bonchev–Trinajstić information content (AvgIpc) is 3.45. The van der Waals surface area contributed by atoms with Crippen LogP contribution in [-0.4, -0.2) is 41.7 Å². The minimum Gasteiger partial charge on any atom is -0.493 e. The summed E-state index contributed by atoms with van der Waals surface area (Å²) < 4.78 is 22.6. The zero-order valence-corrected chi connectivity index (χ0v) is 20.1. The van der Waals surface area contributed by atoms with E-state index in [2.05, 4.69) is 11.4 Å². The van der Waals surface area contributed by atoms with Crippen molar-refractivity contribution in [1.29, 1.82) is 5.26 Å². The quantitative estimate of drug-likeness (QED) is 0.251. The topological polar surface area (TPSA) is 159 Å². The van der Waals surface area contributed by atoms with Crippen LogP contribution in [0.1, 0.15) is 39.9 Å². The van der Waals surface area contributed by atoms with Crippen molar-refractivity contribution in [3.63, 3.8) is 0 Å². The van der Waals surface area contributed by atoms with Gasteiger partial charge in [-0.15, -0.1) is 0 Å². The van der Waals surface area contributed by atoms with Crippen molar-refractivity contribution in [3.8, 4) is 17.6 Å². The number of nitro groups is 1. The van der Waals surface area contributed by atoms with Gasteiger partial charge < -0.3 is 28.5 Å². The van der Waals surface area contributed by atoms with Crippen molar-refractivity contribution in [3.05, 3.63) is 68.8 Å². The number of nitro benzene ring substituents is 1. The number of hydrogen-bond acceptors (Lipinski definition) is 9. The molecule has 188 valence electrons. The van der Waals surface area contributed by atoms with Crippen LogP contribution in [0, 0.1) is 35.3 Å². The molecule has 3 rings (SSSR count). The number of amides is 1. The van der Waals surface area contributed by atoms with E-state index < -0.39 is 34.7 Å². The summed E-state index contributed by atoms with van der Waals surface area (Å²) in [7, 11) is 1.31. The first-order valence-corrected chi connectivity index (χ1v) is 10.8. The van der Waals surface area contributed by atoms with Gasteiger partial charge in [0.15, 0.2) is 18.1 Å². The summed E-state index contributed by atoms with van der Waals surface area (Å²) in [5, 5.41) is 23.7. The molecule has 1 amide bonds. The van der Waals surface area contributed by atoms with Crippen molar-refractivity contribution in [2.75, 3.05) is 25.6 Å². The molecule has 12 heteroatoms. The number of nitrogens with one attached hydrogen (secondary N) is 1. The van der Waals surface area contributed by atoms with Crippen LogP contribution in [0.15, 0.2) is 34.9 Å². The summed E-state index contributed by atoms with van der Waals surface area (Å²) in [5.74, 6) is -0.818. The minimum atomic E-state index is -1.10. The molecule has 2 aromatic heterocycles. The maximum absolute atomic E-state index is 12.7. The Balaban J connectivity index is 1.81. The highest BCUT2D eigenvalue weighted by atomic mass is 16.6. The van der Waals surface area contributed by atoms with Crippen molar-refractivity contribution in [2.24, 2.45) is 0 Å². The zero-order valence-electron chi connectivity index (χ0n) is 20.1. The Morgan fingerprint density at radius 3 is 2.61 bits per heavy atom. The molecule has 3 aromatic rings. The van der Waals surface area contributed by atoms with Gasteiger partial charge in [-0.3, -0.25) is 14.9 Å². The number of methoxy groups -OCH3 is 1. The molecule has 1 N–H and O–H groups in total. The monoisotopic (exact) mass is 496 g/mol. The van der Waals surface area contributed by atoms with Gasteiger partial charge in [-0.25, -0.2) is 4.79 Å². The van der Waals surface area contributed by atoms with Crippen molar-refractivity contribution < 1.29 is 33.1 Å². The number of nitrogens with zero attached hydrogens (tertiary/aromatic N) is 3. The number of furan rings is 1. The van der Waals surface area contributed by atoms with Crippen LogP contribution in [-0.2, 0) is 16.1 Å². The number of rotatable bonds is 10. The lowest BCUT2D eigenvalue weighted by molar-refractivity contribution is -0.385. The van der Waals surface area contributed by atoms with E-state index in [9.17, 15) is 25.0 Å². The van der Waals surface area contributed by atoms with Crippen molar-refractivity contribution in [2.45, 2.75) is 27.3 Å². The fourth-order valence-corrected chi connectivity index (χ4v) is 3.55. The van der Waals surface area contributed by atoms with Crippen LogP contribution in [0.2, 0.25) is 0 Å². The molecular formula is C24H24N4O8. The highest BCUT2D eigenvalue weighted by Crippen LogP contribution is 2.35. The van der Waals surface area contributed by atoms with Crippen molar-refractivity contribution >= 4 is 23.4 Å². The smallest absolute Gasteiger partial charge is 0.345 e. The molecule has 0 saturated carbocycles. The fraction of sp³-hybridized carbons (Fsp3) is 0.292. The van der Waals surface area contributed by atoms with E-state index in [1.807, 2.05) is 0 Å². The number of carbonyl (C=O) groups excluding carboxylic acids is 2. The highest BCUT2D eigenvalue weighted by molar-refractivity contribution is 5.98. The summed E-state index contributed by atoms with van der Waals surface area (Å²) in [6, 6.07) is 7.74. The van der Waals surface area contributed by atoms with Gasteiger partial charge in [0.05, 0.1) is 43.1 Å². The number of benzene rings is 1. The summed E-state index contributed by atoms with van der Waals surface area (Å²) in [6.45, 7) is 4.98. The highest BCUT2D eigenvalue weighted by Gasteiger charge is 2.27. The van der Waals surface area contributed by atoms with Gasteiger partial charge >= 0.3 is 5.97 Å². The largest absolute Gasteiger partial charge is 0.493 e. The van der Waals surface area contributed by atoms with Gasteiger partial charge in [-0.1, -0.05) is 0 Å². The second-order valence-corrected chi connectivity index (χ2v) is 7.55. The third-order valence-corrected chi connectivity index (χ3v) is 5.43. The van der Waals surface area contributed by atoms with Gasteiger partial charge in [0.25, 0.3) is 11.6 Å². The van der Waals surface area contributed by atoms with Crippen LogP contribution in [0.3, 0.4) is 0 Å². The van der Waals surface area contributed by atoms with E-state index in [0.717, 1.165) is 17.8 Å². The van der Waals surface area contributed by atoms with Crippen molar-refractivity contribution in [1.82, 2.24) is 4.57 Å². The van der Waals surface area contributed by atoms with E-state index in [-0.39, 0.29) is 36.0 Å². The molecule has 0 atom stereocenters. The SMILES string of the molecule is CCOc1cc(C(=O)OCC(=O)Nc2c(C#N)c(C)c(C)n2Cc2ccco2)c([N+](=O)[O-])cc1OC. The lowest BCUT2D eigenvalue weighted by Crippen LogP contribution is -2.23. The number of esters is 1. The minimum absolute atomic E-state index is 0.0740. The third kappa shape index (κ3) is 5.30. The van der Waals surface area contributed by atoms with Crippen LogP contribution < -0.4 is 14.8 Å². The molecule has 0 bridgehead atoms. The molecule has 0 unspecified atom stereocenters. The van der Waals surface area contributed by atoms with E-state index >= 15 is 0 Å². The molecule has 0 saturated heterocycles. The lowest BCUT2D eigenvalue weighted by Gasteiger charge is -2.13. The Hall–Kier alpha value is -4.79. The van der Waals surface area contributed by atoms with Crippen LogP contribution in [0.5, 0.6) is 11.5 Å². The van der Waals surface area contributed by atoms with E-state index in [4.69, 9.17) is 18.6 Å². The number of ether oxygens (including phenoxy) is 3. The zero-order chi connectivity index (χ0) is 26.4. The maximum Gasteiger partial charge on any atom is 0.345 e. The normalized spacial score (nSPS) is 10.4. The van der Waals surface area contributed by atoms with Gasteiger partial charge in [0.1, 0.15) is 23.2 Å². The number of nitriles is 1. The van der Waals surface area contributed by atoms with Gasteiger partial charge in [0.2, 0.25) is 0 Å². The van der Waals surface area contributed by atoms with Crippen LogP contribution in [0.4, 0.5) is 11.5 Å². The molecule has 36 heavy (non-hydrogen) atoms. The summed E-state index contributed by atoms with van der Waals surface area (Å²) in [4.78, 5) is 36.1. The van der Waals surface area contributed by atoms with Crippen LogP contribution >= 0.6 is 0 Å². The second-order valence-electron chi connectivity index (χ2n) is 7.55. The Bertz CT molecular complexity index is 1340. The maximum atomic E-state index is 12.7. The molecule has 12 nitrogen and oxygen atoms in total. The predicted molar refractivity (Wildman–Crippen MR) is 126 cm³/mol. The number of hydrogen-bond donors (Lipinski definition) is 1. The second kappa shape index (κ2) is 11.1. The molecule has 0 fully saturated rings. The molecule has 2 heterocycles. The predicted octanol–water partition coefficient (Wildman–Crippen LogP) is 3.73. The summed E-state index contributed by atoms with van der Waals surface area (Å²) in [6.07, 6.45) is 1.51. The number of aromatic nitrogens is 1. The molecule has 0 aliphatic heterocycles. The number of carbonyl (C=O) groups is 2. The molecule has 1 aromatic carbocycles. The summed E-state index contributed by atoms with van der Waals surface area (Å²) in [5.41, 5.74) is 0.709. The van der Waals surface area contributed by atoms with Gasteiger partial charge in [-0.05, 0) is 38.5 Å². The Kier molecular flexibility index (Phi) is 7.96. The first kappa shape index (κ1) is 25.8. The third-order valence-electron chi connectivity index (χ3n) is 5.43. The fourth-order valence-electron chi connectivity index (χ4n) is 3.55. The average molecular weight is 496 g/mol. The Morgan fingerprint density at radius 2 is 2.03 bits per heavy atom. The lowest BCUT2D eigenvalue weighted by atomic mass is 10.1. The summed E-state index contributed by atoms with van der Waals surface area (Å²) >= 11 is 0. The molecule has 0 aliphatic rings. The Morgan fingerprint density at radius 1 is 1.28 bits per heavy atom. The standard InChI is InChI=1S/C24H24N4O8/c1-5-34-21-9-17(19(28(31)32)10-20(21)33-4)24(30)36-13-22(29)26-23-18(11-25)14(2)15(3)27(23)12-16-7-6-8-35-16/h6-10H,5,12-13H2,1-4H3,(H,26,29). The van der Waals surface area contributed by atoms with E-state index in [0.29, 0.717) is 11.3 Å². The molecule has 0 spiro atoms. The van der Waals surface area contributed by atoms with Gasteiger partial charge in [0, 0.05) is 11.8 Å². The van der Waals surface area contributed by atoms with E-state index in [1.54, 1.807) is 37.5 Å². The molecular weight excluding hydrogens is 472 g/mol. The number of anilines is 1. The Labute approximate surface area is 206 Å². The first-order chi connectivity index (χ1) is 17.2. The molecule has 0 radical (unpaired) electrons. The first-order valence-electron chi connectivity index (χ1n) is 10.8.